The first-order chi connectivity index (χ1) is 9.06. The minimum atomic E-state index is 0.727. The first-order valence-electron chi connectivity index (χ1n) is 7.23. The van der Waals surface area contributed by atoms with E-state index in [1.54, 1.807) is 5.57 Å². The summed E-state index contributed by atoms with van der Waals surface area (Å²) in [6, 6.07) is 8.53. The molecule has 2 heteroatoms. The number of allylic oxidation sites excluding steroid dienone is 2. The Hall–Kier alpha value is -1.44. The van der Waals surface area contributed by atoms with Gasteiger partial charge in [0.25, 0.3) is 0 Å². The van der Waals surface area contributed by atoms with E-state index in [4.69, 9.17) is 0 Å². The molecule has 0 fully saturated rings. The van der Waals surface area contributed by atoms with Gasteiger partial charge in [0.15, 0.2) is 0 Å². The Kier molecular flexibility index (Phi) is 4.52. The molecule has 0 amide bonds. The fraction of sp³-hybridized carbons (Fsp3) is 0.529. The summed E-state index contributed by atoms with van der Waals surface area (Å²) >= 11 is 0. The Labute approximate surface area is 117 Å². The monoisotopic (exact) mass is 258 g/mol. The first kappa shape index (κ1) is 14.0. The largest absolute Gasteiger partial charge is 0.383 e. The number of benzene rings is 1. The van der Waals surface area contributed by atoms with Crippen molar-refractivity contribution < 1.29 is 0 Å². The van der Waals surface area contributed by atoms with Gasteiger partial charge < -0.3 is 10.2 Å². The van der Waals surface area contributed by atoms with Crippen LogP contribution < -0.4 is 10.2 Å². The maximum atomic E-state index is 3.64. The molecule has 2 atom stereocenters. The maximum absolute atomic E-state index is 3.64. The van der Waals surface area contributed by atoms with Gasteiger partial charge in [-0.15, -0.1) is 0 Å². The summed E-state index contributed by atoms with van der Waals surface area (Å²) in [6.07, 6.45) is 4.96. The number of hydrogen-bond donors (Lipinski definition) is 1. The van der Waals surface area contributed by atoms with Gasteiger partial charge in [-0.2, -0.15) is 0 Å². The van der Waals surface area contributed by atoms with Crippen molar-refractivity contribution in [1.29, 1.82) is 0 Å². The second-order valence-electron chi connectivity index (χ2n) is 6.09. The van der Waals surface area contributed by atoms with Crippen molar-refractivity contribution in [3.8, 4) is 0 Å². The average molecular weight is 258 g/mol. The van der Waals surface area contributed by atoms with E-state index in [1.807, 2.05) is 0 Å². The fourth-order valence-electron chi connectivity index (χ4n) is 3.11. The lowest BCUT2D eigenvalue weighted by Gasteiger charge is -2.27. The summed E-state index contributed by atoms with van der Waals surface area (Å²) < 4.78 is 0. The Morgan fingerprint density at radius 3 is 2.68 bits per heavy atom. The van der Waals surface area contributed by atoms with Crippen molar-refractivity contribution in [2.75, 3.05) is 30.9 Å². The van der Waals surface area contributed by atoms with Crippen molar-refractivity contribution >= 4 is 11.4 Å². The number of rotatable bonds is 4. The SMILES string of the molecule is CC1=CC(C)CC(CNc2ccccc2N(C)C)C1. The van der Waals surface area contributed by atoms with E-state index < -0.39 is 0 Å². The van der Waals surface area contributed by atoms with E-state index in [0.717, 1.165) is 18.4 Å². The number of anilines is 2. The van der Waals surface area contributed by atoms with E-state index >= 15 is 0 Å². The van der Waals surface area contributed by atoms with Crippen molar-refractivity contribution in [3.63, 3.8) is 0 Å². The van der Waals surface area contributed by atoms with Crippen LogP contribution in [0.3, 0.4) is 0 Å². The van der Waals surface area contributed by atoms with Crippen LogP contribution in [0.4, 0.5) is 11.4 Å². The van der Waals surface area contributed by atoms with Crippen LogP contribution in [0.25, 0.3) is 0 Å². The van der Waals surface area contributed by atoms with Crippen LogP contribution in [0, 0.1) is 11.8 Å². The third-order valence-electron chi connectivity index (χ3n) is 3.85. The van der Waals surface area contributed by atoms with Crippen LogP contribution in [0.5, 0.6) is 0 Å². The Bertz CT molecular complexity index is 448. The first-order valence-corrected chi connectivity index (χ1v) is 7.23. The molecular formula is C17H26N2. The second kappa shape index (κ2) is 6.14. The van der Waals surface area contributed by atoms with E-state index in [0.29, 0.717) is 0 Å². The van der Waals surface area contributed by atoms with Crippen LogP contribution in [-0.2, 0) is 0 Å². The van der Waals surface area contributed by atoms with Gasteiger partial charge in [-0.05, 0) is 43.7 Å². The van der Waals surface area contributed by atoms with Crippen LogP contribution >= 0.6 is 0 Å². The van der Waals surface area contributed by atoms with Crippen LogP contribution in [0.2, 0.25) is 0 Å². The quantitative estimate of drug-likeness (QED) is 0.816. The molecule has 0 spiro atoms. The minimum absolute atomic E-state index is 0.727. The van der Waals surface area contributed by atoms with Crippen LogP contribution in [-0.4, -0.2) is 20.6 Å². The van der Waals surface area contributed by atoms with Gasteiger partial charge in [-0.25, -0.2) is 0 Å². The van der Waals surface area contributed by atoms with E-state index in [-0.39, 0.29) is 0 Å². The lowest BCUT2D eigenvalue weighted by molar-refractivity contribution is 0.421. The van der Waals surface area contributed by atoms with E-state index in [2.05, 4.69) is 68.5 Å². The molecule has 19 heavy (non-hydrogen) atoms. The molecule has 1 aromatic rings. The summed E-state index contributed by atoms with van der Waals surface area (Å²) in [5.41, 5.74) is 4.05. The predicted molar refractivity (Wildman–Crippen MR) is 84.9 cm³/mol. The molecule has 1 N–H and O–H groups in total. The molecule has 104 valence electrons. The molecule has 0 radical (unpaired) electrons. The Morgan fingerprint density at radius 2 is 2.00 bits per heavy atom. The number of nitrogens with one attached hydrogen (secondary N) is 1. The summed E-state index contributed by atoms with van der Waals surface area (Å²) in [5, 5.41) is 3.64. The molecule has 2 unspecified atom stereocenters. The zero-order valence-corrected chi connectivity index (χ0v) is 12.6. The summed E-state index contributed by atoms with van der Waals surface area (Å²) in [7, 11) is 4.19. The molecule has 2 rings (SSSR count). The molecule has 0 aliphatic heterocycles. The molecular weight excluding hydrogens is 232 g/mol. The molecule has 0 saturated heterocycles. The van der Waals surface area contributed by atoms with E-state index in [9.17, 15) is 0 Å². The van der Waals surface area contributed by atoms with E-state index in [1.165, 1.54) is 24.2 Å². The fourth-order valence-corrected chi connectivity index (χ4v) is 3.11. The van der Waals surface area contributed by atoms with Gasteiger partial charge in [0.2, 0.25) is 0 Å². The van der Waals surface area contributed by atoms with Crippen LogP contribution in [0.1, 0.15) is 26.7 Å². The van der Waals surface area contributed by atoms with Gasteiger partial charge in [0.1, 0.15) is 0 Å². The molecule has 2 nitrogen and oxygen atoms in total. The average Bonchev–Trinajstić information content (AvgIpc) is 2.35. The molecule has 0 bridgehead atoms. The lowest BCUT2D eigenvalue weighted by Crippen LogP contribution is -2.21. The smallest absolute Gasteiger partial charge is 0.0596 e. The van der Waals surface area contributed by atoms with Gasteiger partial charge in [0, 0.05) is 20.6 Å². The summed E-state index contributed by atoms with van der Waals surface area (Å²) in [5.74, 6) is 1.49. The van der Waals surface area contributed by atoms with Gasteiger partial charge in [0.05, 0.1) is 11.4 Å². The van der Waals surface area contributed by atoms with Gasteiger partial charge >= 0.3 is 0 Å². The lowest BCUT2D eigenvalue weighted by atomic mass is 9.83. The normalized spacial score (nSPS) is 22.8. The minimum Gasteiger partial charge on any atom is -0.383 e. The Balaban J connectivity index is 1.98. The maximum Gasteiger partial charge on any atom is 0.0596 e. The highest BCUT2D eigenvalue weighted by molar-refractivity contribution is 5.69. The zero-order chi connectivity index (χ0) is 13.8. The Morgan fingerprint density at radius 1 is 1.26 bits per heavy atom. The number of hydrogen-bond acceptors (Lipinski definition) is 2. The molecule has 0 aromatic heterocycles. The molecule has 1 aliphatic rings. The third kappa shape index (κ3) is 3.76. The predicted octanol–water partition coefficient (Wildman–Crippen LogP) is 4.16. The highest BCUT2D eigenvalue weighted by Gasteiger charge is 2.18. The third-order valence-corrected chi connectivity index (χ3v) is 3.85. The number of para-hydroxylation sites is 2. The summed E-state index contributed by atoms with van der Waals surface area (Å²) in [6.45, 7) is 5.65. The van der Waals surface area contributed by atoms with Crippen molar-refractivity contribution in [2.24, 2.45) is 11.8 Å². The van der Waals surface area contributed by atoms with Crippen molar-refractivity contribution in [1.82, 2.24) is 0 Å². The summed E-state index contributed by atoms with van der Waals surface area (Å²) in [4.78, 5) is 2.16. The van der Waals surface area contributed by atoms with Crippen molar-refractivity contribution in [2.45, 2.75) is 26.7 Å². The molecule has 1 aromatic carbocycles. The highest BCUT2D eigenvalue weighted by Crippen LogP contribution is 2.29. The standard InChI is InChI=1S/C17H26N2/c1-13-9-14(2)11-15(10-13)12-18-16-7-5-6-8-17(16)19(3)4/h5-9,13,15,18H,10-12H2,1-4H3. The molecule has 0 heterocycles. The highest BCUT2D eigenvalue weighted by atomic mass is 15.1. The van der Waals surface area contributed by atoms with Crippen molar-refractivity contribution in [3.05, 3.63) is 35.9 Å². The van der Waals surface area contributed by atoms with Gasteiger partial charge in [-0.1, -0.05) is 30.7 Å². The zero-order valence-electron chi connectivity index (χ0n) is 12.6. The topological polar surface area (TPSA) is 15.3 Å². The van der Waals surface area contributed by atoms with Crippen LogP contribution in [0.15, 0.2) is 35.9 Å². The molecule has 1 aliphatic carbocycles. The molecule has 0 saturated carbocycles. The van der Waals surface area contributed by atoms with Gasteiger partial charge in [-0.3, -0.25) is 0 Å². The second-order valence-corrected chi connectivity index (χ2v) is 6.09. The number of nitrogens with zero attached hydrogens (tertiary/aromatic N) is 1.